The third-order valence-corrected chi connectivity index (χ3v) is 2.66. The normalized spacial score (nSPS) is 16.6. The molecule has 2 rings (SSSR count). The molecular formula is C17H31N. The van der Waals surface area contributed by atoms with E-state index in [-0.39, 0.29) is 0 Å². The van der Waals surface area contributed by atoms with Gasteiger partial charge in [0.1, 0.15) is 0 Å². The third kappa shape index (κ3) is 6.80. The molecule has 0 radical (unpaired) electrons. The second-order valence-electron chi connectivity index (χ2n) is 4.87. The average molecular weight is 249 g/mol. The van der Waals surface area contributed by atoms with E-state index in [1.54, 1.807) is 0 Å². The highest BCUT2D eigenvalue weighted by atomic mass is 14.9. The van der Waals surface area contributed by atoms with Gasteiger partial charge in [-0.2, -0.15) is 0 Å². The highest BCUT2D eigenvalue weighted by Crippen LogP contribution is 2.17. The van der Waals surface area contributed by atoms with Crippen LogP contribution in [0.25, 0.3) is 0 Å². The average Bonchev–Trinajstić information content (AvgIpc) is 2.40. The van der Waals surface area contributed by atoms with Gasteiger partial charge < -0.3 is 5.32 Å². The van der Waals surface area contributed by atoms with Crippen molar-refractivity contribution in [3.8, 4) is 0 Å². The van der Waals surface area contributed by atoms with Crippen molar-refractivity contribution in [3.05, 3.63) is 35.4 Å². The fourth-order valence-corrected chi connectivity index (χ4v) is 1.81. The first-order valence-corrected chi connectivity index (χ1v) is 7.53. The third-order valence-electron chi connectivity index (χ3n) is 2.66. The second-order valence-corrected chi connectivity index (χ2v) is 4.87. The molecule has 1 atom stereocenters. The van der Waals surface area contributed by atoms with Crippen molar-refractivity contribution < 1.29 is 0 Å². The summed E-state index contributed by atoms with van der Waals surface area (Å²) in [6.45, 7) is 11.8. The van der Waals surface area contributed by atoms with Gasteiger partial charge in [-0.1, -0.05) is 71.7 Å². The van der Waals surface area contributed by atoms with Gasteiger partial charge in [0.2, 0.25) is 0 Å². The molecule has 0 bridgehead atoms. The van der Waals surface area contributed by atoms with Gasteiger partial charge in [0.15, 0.2) is 0 Å². The second kappa shape index (κ2) is 11.3. The first-order chi connectivity index (χ1) is 8.73. The molecule has 0 saturated carbocycles. The highest BCUT2D eigenvalue weighted by Gasteiger charge is 2.14. The van der Waals surface area contributed by atoms with E-state index in [4.69, 9.17) is 0 Å². The lowest BCUT2D eigenvalue weighted by atomic mass is 9.95. The van der Waals surface area contributed by atoms with E-state index >= 15 is 0 Å². The summed E-state index contributed by atoms with van der Waals surface area (Å²) in [5, 5.41) is 3.52. The standard InChI is InChI=1S/C11H15N.2C3H8/c1-2-11-7-9-5-3-4-6-10(9)8-12-11;2*1-3-2/h3-6,11-12H,2,7-8H2,1H3;2*3H2,1-2H3. The minimum absolute atomic E-state index is 0.694. The highest BCUT2D eigenvalue weighted by molar-refractivity contribution is 5.29. The Balaban J connectivity index is 0.000000414. The molecule has 18 heavy (non-hydrogen) atoms. The van der Waals surface area contributed by atoms with Crippen LogP contribution in [0.15, 0.2) is 24.3 Å². The van der Waals surface area contributed by atoms with E-state index in [9.17, 15) is 0 Å². The number of fused-ring (bicyclic) bond motifs is 1. The largest absolute Gasteiger partial charge is 0.310 e. The van der Waals surface area contributed by atoms with E-state index in [1.807, 2.05) is 0 Å². The van der Waals surface area contributed by atoms with Gasteiger partial charge in [-0.15, -0.1) is 0 Å². The van der Waals surface area contributed by atoms with Gasteiger partial charge in [-0.3, -0.25) is 0 Å². The number of hydrogen-bond acceptors (Lipinski definition) is 1. The Hall–Kier alpha value is -0.820. The monoisotopic (exact) mass is 249 g/mol. The molecule has 0 aliphatic carbocycles. The summed E-state index contributed by atoms with van der Waals surface area (Å²) in [6.07, 6.45) is 4.93. The fourth-order valence-electron chi connectivity index (χ4n) is 1.81. The summed E-state index contributed by atoms with van der Waals surface area (Å²) >= 11 is 0. The smallest absolute Gasteiger partial charge is 0.0210 e. The zero-order chi connectivity index (χ0) is 13.8. The Bertz CT molecular complexity index is 291. The van der Waals surface area contributed by atoms with Crippen LogP contribution in [-0.2, 0) is 13.0 Å². The van der Waals surface area contributed by atoms with Gasteiger partial charge >= 0.3 is 0 Å². The molecular weight excluding hydrogens is 218 g/mol. The van der Waals surface area contributed by atoms with Crippen LogP contribution in [0.3, 0.4) is 0 Å². The van der Waals surface area contributed by atoms with Crippen molar-refractivity contribution in [2.75, 3.05) is 0 Å². The molecule has 104 valence electrons. The van der Waals surface area contributed by atoms with Gasteiger partial charge in [0.25, 0.3) is 0 Å². The molecule has 0 aromatic heterocycles. The van der Waals surface area contributed by atoms with Crippen LogP contribution in [0.5, 0.6) is 0 Å². The fraction of sp³-hybridized carbons (Fsp3) is 0.647. The molecule has 1 unspecified atom stereocenters. The summed E-state index contributed by atoms with van der Waals surface area (Å²) in [6, 6.07) is 9.41. The molecule has 1 heterocycles. The molecule has 0 amide bonds. The first-order valence-electron chi connectivity index (χ1n) is 7.53. The maximum atomic E-state index is 3.52. The van der Waals surface area contributed by atoms with Crippen LogP contribution < -0.4 is 5.32 Å². The quantitative estimate of drug-likeness (QED) is 0.743. The van der Waals surface area contributed by atoms with Crippen LogP contribution in [0.2, 0.25) is 0 Å². The summed E-state index contributed by atoms with van der Waals surface area (Å²) in [5.41, 5.74) is 3.00. The maximum absolute atomic E-state index is 3.52. The van der Waals surface area contributed by atoms with Crippen molar-refractivity contribution in [1.82, 2.24) is 5.32 Å². The van der Waals surface area contributed by atoms with Gasteiger partial charge in [-0.25, -0.2) is 0 Å². The van der Waals surface area contributed by atoms with E-state index in [0.717, 1.165) is 6.54 Å². The molecule has 1 aromatic carbocycles. The SMILES string of the molecule is CCC.CCC.CCC1Cc2ccccc2CN1. The molecule has 0 saturated heterocycles. The maximum Gasteiger partial charge on any atom is 0.0210 e. The predicted octanol–water partition coefficient (Wildman–Crippen LogP) is 4.94. The Morgan fingerprint density at radius 1 is 0.944 bits per heavy atom. The molecule has 1 heteroatoms. The van der Waals surface area contributed by atoms with E-state index in [0.29, 0.717) is 6.04 Å². The lowest BCUT2D eigenvalue weighted by Crippen LogP contribution is -2.34. The minimum atomic E-state index is 0.694. The Morgan fingerprint density at radius 2 is 1.44 bits per heavy atom. The molecule has 1 aromatic rings. The number of nitrogens with one attached hydrogen (secondary N) is 1. The summed E-state index contributed by atoms with van der Waals surface area (Å²) in [4.78, 5) is 0. The van der Waals surface area contributed by atoms with E-state index in [1.165, 1.54) is 36.8 Å². The first kappa shape index (κ1) is 17.2. The topological polar surface area (TPSA) is 12.0 Å². The molecule has 1 aliphatic rings. The van der Waals surface area contributed by atoms with Gasteiger partial charge in [0, 0.05) is 12.6 Å². The number of hydrogen-bond donors (Lipinski definition) is 1. The Morgan fingerprint density at radius 3 is 1.94 bits per heavy atom. The molecule has 1 N–H and O–H groups in total. The van der Waals surface area contributed by atoms with Crippen molar-refractivity contribution in [2.45, 2.75) is 72.9 Å². The van der Waals surface area contributed by atoms with Gasteiger partial charge in [-0.05, 0) is 24.0 Å². The van der Waals surface area contributed by atoms with Crippen LogP contribution >= 0.6 is 0 Å². The van der Waals surface area contributed by atoms with E-state index in [2.05, 4.69) is 64.2 Å². The zero-order valence-electron chi connectivity index (χ0n) is 12.9. The van der Waals surface area contributed by atoms with Crippen molar-refractivity contribution >= 4 is 0 Å². The van der Waals surface area contributed by atoms with Crippen LogP contribution in [0.4, 0.5) is 0 Å². The summed E-state index contributed by atoms with van der Waals surface area (Å²) in [7, 11) is 0. The predicted molar refractivity (Wildman–Crippen MR) is 83.0 cm³/mol. The Labute approximate surface area is 114 Å². The van der Waals surface area contributed by atoms with Crippen LogP contribution in [0, 0.1) is 0 Å². The van der Waals surface area contributed by atoms with Crippen molar-refractivity contribution in [1.29, 1.82) is 0 Å². The van der Waals surface area contributed by atoms with Crippen molar-refractivity contribution in [2.24, 2.45) is 0 Å². The molecule has 0 spiro atoms. The minimum Gasteiger partial charge on any atom is -0.310 e. The van der Waals surface area contributed by atoms with Crippen LogP contribution in [-0.4, -0.2) is 6.04 Å². The van der Waals surface area contributed by atoms with Crippen molar-refractivity contribution in [3.63, 3.8) is 0 Å². The lowest BCUT2D eigenvalue weighted by Gasteiger charge is -2.24. The Kier molecular flexibility index (Phi) is 10.8. The van der Waals surface area contributed by atoms with E-state index < -0.39 is 0 Å². The number of rotatable bonds is 1. The lowest BCUT2D eigenvalue weighted by molar-refractivity contribution is 0.468. The molecule has 1 nitrogen and oxygen atoms in total. The summed E-state index contributed by atoms with van der Waals surface area (Å²) < 4.78 is 0. The van der Waals surface area contributed by atoms with Crippen LogP contribution in [0.1, 0.15) is 65.0 Å². The zero-order valence-corrected chi connectivity index (χ0v) is 12.9. The molecule has 1 aliphatic heterocycles. The van der Waals surface area contributed by atoms with Gasteiger partial charge in [0.05, 0.1) is 0 Å². The number of benzene rings is 1. The molecule has 0 fully saturated rings. The summed E-state index contributed by atoms with van der Waals surface area (Å²) in [5.74, 6) is 0.